The standard InChI is InChI=1S/C16H19N3OS/c21-16(17-14-5-2-1-3-6-14)19-10-8-18(9-11-19)13-15-7-4-12-20-15/h1-7,12H,8-11,13H2,(H,17,21). The van der Waals surface area contributed by atoms with Crippen LogP contribution in [0.25, 0.3) is 0 Å². The quantitative estimate of drug-likeness (QED) is 0.881. The Morgan fingerprint density at radius 3 is 2.48 bits per heavy atom. The number of rotatable bonds is 3. The third-order valence-electron chi connectivity index (χ3n) is 3.64. The maximum atomic E-state index is 5.49. The molecule has 1 N–H and O–H groups in total. The van der Waals surface area contributed by atoms with E-state index in [2.05, 4.69) is 15.1 Å². The van der Waals surface area contributed by atoms with Crippen LogP contribution < -0.4 is 5.32 Å². The maximum Gasteiger partial charge on any atom is 0.173 e. The summed E-state index contributed by atoms with van der Waals surface area (Å²) in [5.74, 6) is 1.02. The third-order valence-corrected chi connectivity index (χ3v) is 4.00. The van der Waals surface area contributed by atoms with Crippen molar-refractivity contribution in [3.8, 4) is 0 Å². The molecule has 0 unspecified atom stereocenters. The van der Waals surface area contributed by atoms with E-state index in [1.54, 1.807) is 6.26 Å². The van der Waals surface area contributed by atoms with E-state index in [4.69, 9.17) is 16.6 Å². The zero-order valence-corrected chi connectivity index (χ0v) is 12.7. The highest BCUT2D eigenvalue weighted by atomic mass is 32.1. The molecule has 2 aromatic rings. The van der Waals surface area contributed by atoms with Gasteiger partial charge in [-0.25, -0.2) is 0 Å². The van der Waals surface area contributed by atoms with Crippen molar-refractivity contribution in [1.82, 2.24) is 9.80 Å². The molecule has 0 saturated carbocycles. The maximum absolute atomic E-state index is 5.49. The summed E-state index contributed by atoms with van der Waals surface area (Å²) in [6, 6.07) is 14.0. The fraction of sp³-hybridized carbons (Fsp3) is 0.312. The van der Waals surface area contributed by atoms with Gasteiger partial charge in [0.1, 0.15) is 5.76 Å². The lowest BCUT2D eigenvalue weighted by atomic mass is 10.3. The Morgan fingerprint density at radius 1 is 1.05 bits per heavy atom. The molecule has 3 rings (SSSR count). The molecular formula is C16H19N3OS. The van der Waals surface area contributed by atoms with Crippen molar-refractivity contribution in [2.24, 2.45) is 0 Å². The van der Waals surface area contributed by atoms with Gasteiger partial charge in [0, 0.05) is 31.9 Å². The molecule has 1 aromatic heterocycles. The van der Waals surface area contributed by atoms with Crippen molar-refractivity contribution in [1.29, 1.82) is 0 Å². The molecule has 0 atom stereocenters. The number of thiocarbonyl (C=S) groups is 1. The average molecular weight is 301 g/mol. The van der Waals surface area contributed by atoms with E-state index in [9.17, 15) is 0 Å². The van der Waals surface area contributed by atoms with Gasteiger partial charge >= 0.3 is 0 Å². The number of para-hydroxylation sites is 1. The van der Waals surface area contributed by atoms with Crippen LogP contribution in [0.4, 0.5) is 5.69 Å². The van der Waals surface area contributed by atoms with Crippen molar-refractivity contribution in [2.75, 3.05) is 31.5 Å². The molecule has 21 heavy (non-hydrogen) atoms. The molecule has 1 fully saturated rings. The van der Waals surface area contributed by atoms with Crippen LogP contribution in [0.1, 0.15) is 5.76 Å². The van der Waals surface area contributed by atoms with E-state index in [1.165, 1.54) is 0 Å². The number of hydrogen-bond acceptors (Lipinski definition) is 3. The van der Waals surface area contributed by atoms with Crippen molar-refractivity contribution in [3.63, 3.8) is 0 Å². The van der Waals surface area contributed by atoms with Crippen LogP contribution in [0, 0.1) is 0 Å². The smallest absolute Gasteiger partial charge is 0.173 e. The number of nitrogens with one attached hydrogen (secondary N) is 1. The summed E-state index contributed by atoms with van der Waals surface area (Å²) in [6.07, 6.45) is 1.73. The molecular weight excluding hydrogens is 282 g/mol. The van der Waals surface area contributed by atoms with Gasteiger partial charge in [0.2, 0.25) is 0 Å². The van der Waals surface area contributed by atoms with Crippen LogP contribution >= 0.6 is 12.2 Å². The van der Waals surface area contributed by atoms with Gasteiger partial charge in [-0.15, -0.1) is 0 Å². The minimum absolute atomic E-state index is 0.804. The number of furan rings is 1. The second-order valence-corrected chi connectivity index (χ2v) is 5.53. The first-order valence-electron chi connectivity index (χ1n) is 7.17. The minimum Gasteiger partial charge on any atom is -0.468 e. The zero-order valence-electron chi connectivity index (χ0n) is 11.9. The Kier molecular flexibility index (Phi) is 4.52. The van der Waals surface area contributed by atoms with Crippen LogP contribution in [0.2, 0.25) is 0 Å². The fourth-order valence-electron chi connectivity index (χ4n) is 2.46. The van der Waals surface area contributed by atoms with Crippen molar-refractivity contribution in [3.05, 3.63) is 54.5 Å². The number of benzene rings is 1. The first-order chi connectivity index (χ1) is 10.3. The Morgan fingerprint density at radius 2 is 1.81 bits per heavy atom. The van der Waals surface area contributed by atoms with Gasteiger partial charge in [-0.05, 0) is 36.5 Å². The SMILES string of the molecule is S=C(Nc1ccccc1)N1CCN(Cc2ccco2)CC1. The molecule has 0 aliphatic carbocycles. The second-order valence-electron chi connectivity index (χ2n) is 5.14. The third kappa shape index (κ3) is 3.83. The predicted octanol–water partition coefficient (Wildman–Crippen LogP) is 2.79. The van der Waals surface area contributed by atoms with E-state index in [0.717, 1.165) is 49.3 Å². The summed E-state index contributed by atoms with van der Waals surface area (Å²) in [4.78, 5) is 4.61. The molecule has 1 aromatic carbocycles. The van der Waals surface area contributed by atoms with E-state index in [-0.39, 0.29) is 0 Å². The van der Waals surface area contributed by atoms with Crippen LogP contribution in [0.15, 0.2) is 53.1 Å². The normalized spacial score (nSPS) is 15.9. The van der Waals surface area contributed by atoms with Crippen LogP contribution in [-0.2, 0) is 6.54 Å². The van der Waals surface area contributed by atoms with Gasteiger partial charge in [0.25, 0.3) is 0 Å². The van der Waals surface area contributed by atoms with Gasteiger partial charge < -0.3 is 14.6 Å². The lowest BCUT2D eigenvalue weighted by molar-refractivity contribution is 0.166. The molecule has 5 heteroatoms. The fourth-order valence-corrected chi connectivity index (χ4v) is 2.76. The molecule has 4 nitrogen and oxygen atoms in total. The molecule has 0 amide bonds. The minimum atomic E-state index is 0.804. The largest absolute Gasteiger partial charge is 0.468 e. The number of piperazine rings is 1. The molecule has 110 valence electrons. The Labute approximate surface area is 130 Å². The monoisotopic (exact) mass is 301 g/mol. The van der Waals surface area contributed by atoms with E-state index >= 15 is 0 Å². The first-order valence-corrected chi connectivity index (χ1v) is 7.58. The first kappa shape index (κ1) is 14.1. The number of nitrogens with zero attached hydrogens (tertiary/aromatic N) is 2. The number of hydrogen-bond donors (Lipinski definition) is 1. The summed E-state index contributed by atoms with van der Waals surface area (Å²) in [7, 11) is 0. The summed E-state index contributed by atoms with van der Waals surface area (Å²) in [6.45, 7) is 4.76. The highest BCUT2D eigenvalue weighted by molar-refractivity contribution is 7.80. The van der Waals surface area contributed by atoms with Crippen molar-refractivity contribution >= 4 is 23.0 Å². The molecule has 1 aliphatic heterocycles. The molecule has 0 bridgehead atoms. The van der Waals surface area contributed by atoms with Crippen molar-refractivity contribution < 1.29 is 4.42 Å². The Balaban J connectivity index is 1.48. The topological polar surface area (TPSA) is 31.6 Å². The Bertz CT molecular complexity index is 562. The summed E-state index contributed by atoms with van der Waals surface area (Å²) >= 11 is 5.49. The van der Waals surface area contributed by atoms with E-state index < -0.39 is 0 Å². The summed E-state index contributed by atoms with van der Waals surface area (Å²) in [5, 5.41) is 4.10. The summed E-state index contributed by atoms with van der Waals surface area (Å²) < 4.78 is 5.40. The average Bonchev–Trinajstić information content (AvgIpc) is 3.02. The molecule has 1 aliphatic rings. The Hall–Kier alpha value is -1.85. The van der Waals surface area contributed by atoms with Gasteiger partial charge in [-0.3, -0.25) is 4.90 Å². The van der Waals surface area contributed by atoms with Gasteiger partial charge in [0.05, 0.1) is 12.8 Å². The van der Waals surface area contributed by atoms with Crippen LogP contribution in [-0.4, -0.2) is 41.1 Å². The van der Waals surface area contributed by atoms with Gasteiger partial charge in [0.15, 0.2) is 5.11 Å². The zero-order chi connectivity index (χ0) is 14.5. The van der Waals surface area contributed by atoms with Gasteiger partial charge in [-0.2, -0.15) is 0 Å². The lowest BCUT2D eigenvalue weighted by Crippen LogP contribution is -2.49. The molecule has 0 spiro atoms. The van der Waals surface area contributed by atoms with E-state index in [0.29, 0.717) is 0 Å². The lowest BCUT2D eigenvalue weighted by Gasteiger charge is -2.35. The number of anilines is 1. The predicted molar refractivity (Wildman–Crippen MR) is 88.2 cm³/mol. The highest BCUT2D eigenvalue weighted by Crippen LogP contribution is 2.11. The molecule has 2 heterocycles. The molecule has 0 radical (unpaired) electrons. The van der Waals surface area contributed by atoms with Gasteiger partial charge in [-0.1, -0.05) is 18.2 Å². The molecule has 1 saturated heterocycles. The summed E-state index contributed by atoms with van der Waals surface area (Å²) in [5.41, 5.74) is 1.04. The second kappa shape index (κ2) is 6.74. The van der Waals surface area contributed by atoms with Crippen molar-refractivity contribution in [2.45, 2.75) is 6.54 Å². The highest BCUT2D eigenvalue weighted by Gasteiger charge is 2.19. The van der Waals surface area contributed by atoms with Crippen LogP contribution in [0.3, 0.4) is 0 Å². The van der Waals surface area contributed by atoms with Crippen LogP contribution in [0.5, 0.6) is 0 Å². The van der Waals surface area contributed by atoms with E-state index in [1.807, 2.05) is 42.5 Å².